The van der Waals surface area contributed by atoms with Crippen LogP contribution < -0.4 is 11.1 Å². The van der Waals surface area contributed by atoms with Gasteiger partial charge in [-0.1, -0.05) is 0 Å². The molecule has 4 N–H and O–H groups in total. The zero-order valence-electron chi connectivity index (χ0n) is 4.51. The standard InChI is InChI=1S/C3H9N3S.ClH/c1-2(7)6-3(4)5;/h2,7H,1H3,(H4,4,5,6);1H. The molecule has 0 saturated carbocycles. The van der Waals surface area contributed by atoms with Crippen molar-refractivity contribution in [1.82, 2.24) is 5.32 Å². The zero-order chi connectivity index (χ0) is 5.86. The maximum absolute atomic E-state index is 6.64. The third kappa shape index (κ3) is 9.32. The first kappa shape index (κ1) is 10.8. The minimum Gasteiger partial charge on any atom is -0.370 e. The number of hydrogen-bond donors (Lipinski definition) is 4. The quantitative estimate of drug-likeness (QED) is 0.189. The van der Waals surface area contributed by atoms with Gasteiger partial charge in [0.1, 0.15) is 0 Å². The van der Waals surface area contributed by atoms with Crippen LogP contribution in [-0.2, 0) is 0 Å². The van der Waals surface area contributed by atoms with Gasteiger partial charge in [0.05, 0.1) is 5.37 Å². The lowest BCUT2D eigenvalue weighted by Gasteiger charge is -2.03. The second kappa shape index (κ2) is 5.05. The first-order valence-corrected chi connectivity index (χ1v) is 2.43. The summed E-state index contributed by atoms with van der Waals surface area (Å²) in [5, 5.41) is 9.14. The highest BCUT2D eigenvalue weighted by Crippen LogP contribution is 1.81. The van der Waals surface area contributed by atoms with Crippen molar-refractivity contribution in [2.24, 2.45) is 5.73 Å². The Morgan fingerprint density at radius 1 is 1.88 bits per heavy atom. The van der Waals surface area contributed by atoms with Crippen LogP contribution in [0.25, 0.3) is 0 Å². The highest BCUT2D eigenvalue weighted by Gasteiger charge is 1.89. The highest BCUT2D eigenvalue weighted by atomic mass is 35.5. The van der Waals surface area contributed by atoms with E-state index in [-0.39, 0.29) is 23.7 Å². The summed E-state index contributed by atoms with van der Waals surface area (Å²) in [6, 6.07) is 0. The first-order valence-electron chi connectivity index (χ1n) is 1.91. The van der Waals surface area contributed by atoms with Crippen LogP contribution in [0.4, 0.5) is 0 Å². The molecule has 0 aliphatic carbocycles. The lowest BCUT2D eigenvalue weighted by Crippen LogP contribution is -2.34. The first-order chi connectivity index (χ1) is 3.13. The molecule has 0 aliphatic rings. The van der Waals surface area contributed by atoms with Crippen molar-refractivity contribution in [2.75, 3.05) is 0 Å². The second-order valence-electron chi connectivity index (χ2n) is 1.23. The molecule has 1 atom stereocenters. The van der Waals surface area contributed by atoms with Gasteiger partial charge in [0.2, 0.25) is 0 Å². The lowest BCUT2D eigenvalue weighted by molar-refractivity contribution is 0.889. The monoisotopic (exact) mass is 155 g/mol. The van der Waals surface area contributed by atoms with Crippen LogP contribution in [0.1, 0.15) is 6.92 Å². The molecule has 0 aromatic carbocycles. The van der Waals surface area contributed by atoms with E-state index in [2.05, 4.69) is 17.9 Å². The molecule has 0 aliphatic heterocycles. The topological polar surface area (TPSA) is 61.9 Å². The Labute approximate surface area is 60.4 Å². The van der Waals surface area contributed by atoms with Crippen molar-refractivity contribution in [3.05, 3.63) is 0 Å². The van der Waals surface area contributed by atoms with Gasteiger partial charge in [0, 0.05) is 0 Å². The molecule has 0 aromatic rings. The molecule has 8 heavy (non-hydrogen) atoms. The van der Waals surface area contributed by atoms with Crippen LogP contribution >= 0.6 is 25.0 Å². The average Bonchev–Trinajstić information content (AvgIpc) is 1.27. The van der Waals surface area contributed by atoms with Crippen molar-refractivity contribution < 1.29 is 0 Å². The molecule has 0 heterocycles. The number of nitrogens with two attached hydrogens (primary N) is 1. The van der Waals surface area contributed by atoms with Crippen molar-refractivity contribution in [3.63, 3.8) is 0 Å². The van der Waals surface area contributed by atoms with E-state index in [1.807, 2.05) is 0 Å². The Hall–Kier alpha value is -0.0900. The molecule has 0 amide bonds. The fourth-order valence-corrected chi connectivity index (χ4v) is 0.364. The molecule has 0 rings (SSSR count). The summed E-state index contributed by atoms with van der Waals surface area (Å²) in [7, 11) is 0. The minimum absolute atomic E-state index is 0. The van der Waals surface area contributed by atoms with Gasteiger partial charge < -0.3 is 11.1 Å². The van der Waals surface area contributed by atoms with Crippen molar-refractivity contribution in [2.45, 2.75) is 12.3 Å². The normalized spacial score (nSPS) is 11.2. The summed E-state index contributed by atoms with van der Waals surface area (Å²) < 4.78 is 0. The van der Waals surface area contributed by atoms with E-state index in [1.54, 1.807) is 6.92 Å². The number of hydrogen-bond acceptors (Lipinski definition) is 2. The molecule has 0 spiro atoms. The summed E-state index contributed by atoms with van der Waals surface area (Å²) in [4.78, 5) is 0. The summed E-state index contributed by atoms with van der Waals surface area (Å²) >= 11 is 3.91. The van der Waals surface area contributed by atoms with Crippen LogP contribution in [0.15, 0.2) is 0 Å². The summed E-state index contributed by atoms with van der Waals surface area (Å²) in [5.41, 5.74) is 4.92. The third-order valence-corrected chi connectivity index (χ3v) is 0.493. The van der Waals surface area contributed by atoms with Crippen molar-refractivity contribution >= 4 is 31.0 Å². The average molecular weight is 156 g/mol. The van der Waals surface area contributed by atoms with Crippen LogP contribution in [0, 0.1) is 5.41 Å². The zero-order valence-corrected chi connectivity index (χ0v) is 6.22. The predicted octanol–water partition coefficient (Wildman–Crippen LogP) is 0.167. The van der Waals surface area contributed by atoms with E-state index < -0.39 is 0 Å². The molecule has 0 radical (unpaired) electrons. The minimum atomic E-state index is -0.0394. The van der Waals surface area contributed by atoms with Gasteiger partial charge in [0.15, 0.2) is 5.96 Å². The molecule has 5 heteroatoms. The van der Waals surface area contributed by atoms with Gasteiger partial charge >= 0.3 is 0 Å². The van der Waals surface area contributed by atoms with Crippen LogP contribution in [0.2, 0.25) is 0 Å². The summed E-state index contributed by atoms with van der Waals surface area (Å²) in [6.07, 6.45) is 0. The van der Waals surface area contributed by atoms with E-state index in [0.717, 1.165) is 0 Å². The van der Waals surface area contributed by atoms with Crippen LogP contribution in [0.5, 0.6) is 0 Å². The van der Waals surface area contributed by atoms with Crippen LogP contribution in [0.3, 0.4) is 0 Å². The summed E-state index contributed by atoms with van der Waals surface area (Å²) in [5.74, 6) is -0.0394. The fourth-order valence-electron chi connectivity index (χ4n) is 0.225. The fraction of sp³-hybridized carbons (Fsp3) is 0.667. The Morgan fingerprint density at radius 2 is 2.25 bits per heavy atom. The van der Waals surface area contributed by atoms with E-state index >= 15 is 0 Å². The predicted molar refractivity (Wildman–Crippen MR) is 40.7 cm³/mol. The SMILES string of the molecule is CC(S)NC(=N)N.Cl. The Balaban J connectivity index is 0. The van der Waals surface area contributed by atoms with Gasteiger partial charge in [-0.3, -0.25) is 5.41 Å². The Morgan fingerprint density at radius 3 is 2.25 bits per heavy atom. The number of halogens is 1. The summed E-state index contributed by atoms with van der Waals surface area (Å²) in [6.45, 7) is 1.80. The molecule has 1 unspecified atom stereocenters. The van der Waals surface area contributed by atoms with Crippen LogP contribution in [-0.4, -0.2) is 11.3 Å². The number of thiol groups is 1. The van der Waals surface area contributed by atoms with E-state index in [4.69, 9.17) is 11.1 Å². The van der Waals surface area contributed by atoms with Gasteiger partial charge in [0.25, 0.3) is 0 Å². The number of rotatable bonds is 1. The largest absolute Gasteiger partial charge is 0.370 e. The molecular weight excluding hydrogens is 146 g/mol. The van der Waals surface area contributed by atoms with E-state index in [1.165, 1.54) is 0 Å². The van der Waals surface area contributed by atoms with Gasteiger partial charge in [-0.25, -0.2) is 0 Å². The van der Waals surface area contributed by atoms with Crippen molar-refractivity contribution in [1.29, 1.82) is 5.41 Å². The Kier molecular flexibility index (Phi) is 6.83. The van der Waals surface area contributed by atoms with Gasteiger partial charge in [-0.2, -0.15) is 12.6 Å². The molecule has 0 saturated heterocycles. The number of guanidine groups is 1. The molecule has 0 bridgehead atoms. The highest BCUT2D eigenvalue weighted by molar-refractivity contribution is 7.80. The van der Waals surface area contributed by atoms with E-state index in [9.17, 15) is 0 Å². The smallest absolute Gasteiger partial charge is 0.186 e. The van der Waals surface area contributed by atoms with Gasteiger partial charge in [-0.05, 0) is 6.92 Å². The second-order valence-corrected chi connectivity index (χ2v) is 2.01. The third-order valence-electron chi connectivity index (χ3n) is 0.364. The molecule has 0 fully saturated rings. The molecule has 50 valence electrons. The molecule has 3 nitrogen and oxygen atoms in total. The number of nitrogens with one attached hydrogen (secondary N) is 2. The van der Waals surface area contributed by atoms with Crippen molar-refractivity contribution in [3.8, 4) is 0 Å². The Bertz CT molecular complexity index is 74.9. The van der Waals surface area contributed by atoms with Gasteiger partial charge in [-0.15, -0.1) is 12.4 Å². The molecular formula is C3H10ClN3S. The maximum Gasteiger partial charge on any atom is 0.186 e. The molecule has 0 aromatic heterocycles. The maximum atomic E-state index is 6.64. The van der Waals surface area contributed by atoms with E-state index in [0.29, 0.717) is 0 Å². The lowest BCUT2D eigenvalue weighted by atomic mass is 10.7.